The fraction of sp³-hybridized carbons (Fsp3) is 0.231. The van der Waals surface area contributed by atoms with Crippen LogP contribution in [0.25, 0.3) is 0 Å². The Hall–Kier alpha value is -0.850. The van der Waals surface area contributed by atoms with Gasteiger partial charge in [0.25, 0.3) is 0 Å². The highest BCUT2D eigenvalue weighted by molar-refractivity contribution is 9.11. The Morgan fingerprint density at radius 1 is 1.20 bits per heavy atom. The van der Waals surface area contributed by atoms with E-state index >= 15 is 0 Å². The van der Waals surface area contributed by atoms with E-state index in [1.807, 2.05) is 18.2 Å². The molecule has 7 heteroatoms. The highest BCUT2D eigenvalue weighted by atomic mass is 79.9. The molecule has 0 aliphatic heterocycles. The van der Waals surface area contributed by atoms with Crippen LogP contribution in [-0.2, 0) is 0 Å². The van der Waals surface area contributed by atoms with Gasteiger partial charge in [-0.05, 0) is 56.5 Å². The minimum absolute atomic E-state index is 0.643. The molecule has 1 heterocycles. The van der Waals surface area contributed by atoms with Crippen LogP contribution in [0.1, 0.15) is 13.3 Å². The van der Waals surface area contributed by atoms with E-state index in [-0.39, 0.29) is 0 Å². The van der Waals surface area contributed by atoms with Crippen molar-refractivity contribution in [3.05, 3.63) is 38.5 Å². The molecule has 1 aromatic heterocycles. The number of anilines is 3. The first-order chi connectivity index (χ1) is 9.61. The molecule has 0 unspecified atom stereocenters. The molecule has 0 aliphatic carbocycles. The maximum atomic E-state index is 6.08. The molecule has 0 atom stereocenters. The maximum Gasteiger partial charge on any atom is 0.150 e. The van der Waals surface area contributed by atoms with Gasteiger partial charge in [0.1, 0.15) is 22.4 Å². The lowest BCUT2D eigenvalue weighted by Gasteiger charge is -2.11. The van der Waals surface area contributed by atoms with E-state index in [4.69, 9.17) is 11.6 Å². The molecule has 4 nitrogen and oxygen atoms in total. The summed E-state index contributed by atoms with van der Waals surface area (Å²) in [7, 11) is 0. The molecule has 0 radical (unpaired) electrons. The topological polar surface area (TPSA) is 49.8 Å². The van der Waals surface area contributed by atoms with Crippen molar-refractivity contribution in [2.75, 3.05) is 17.2 Å². The monoisotopic (exact) mass is 418 g/mol. The molecule has 1 aromatic carbocycles. The first-order valence-electron chi connectivity index (χ1n) is 6.08. The van der Waals surface area contributed by atoms with Gasteiger partial charge in [0, 0.05) is 16.7 Å². The molecule has 0 spiro atoms. The van der Waals surface area contributed by atoms with Gasteiger partial charge in [0.2, 0.25) is 0 Å². The van der Waals surface area contributed by atoms with E-state index in [0.717, 1.165) is 33.4 Å². The summed E-state index contributed by atoms with van der Waals surface area (Å²) in [6.07, 6.45) is 2.55. The number of hydrogen-bond acceptors (Lipinski definition) is 4. The standard InChI is InChI=1S/C13H13Br2ClN4/c1-2-5-17-12-11(15)13(19-7-18-12)20-8-3-4-9(14)10(16)6-8/h3-4,6-7H,2,5H2,1H3,(H2,17,18,19,20). The Bertz CT molecular complexity index is 607. The number of hydrogen-bond donors (Lipinski definition) is 2. The quantitative estimate of drug-likeness (QED) is 0.696. The SMILES string of the molecule is CCCNc1ncnc(Nc2ccc(Br)c(Cl)c2)c1Br. The summed E-state index contributed by atoms with van der Waals surface area (Å²) in [4.78, 5) is 8.44. The lowest BCUT2D eigenvalue weighted by atomic mass is 10.3. The van der Waals surface area contributed by atoms with Gasteiger partial charge in [-0.1, -0.05) is 18.5 Å². The highest BCUT2D eigenvalue weighted by Gasteiger charge is 2.09. The summed E-state index contributed by atoms with van der Waals surface area (Å²) in [6, 6.07) is 5.64. The molecule has 0 bridgehead atoms. The lowest BCUT2D eigenvalue weighted by molar-refractivity contribution is 0.962. The predicted molar refractivity (Wildman–Crippen MR) is 90.9 cm³/mol. The van der Waals surface area contributed by atoms with Crippen LogP contribution in [0.4, 0.5) is 17.3 Å². The average molecular weight is 421 g/mol. The van der Waals surface area contributed by atoms with Gasteiger partial charge in [0.15, 0.2) is 0 Å². The Morgan fingerprint density at radius 3 is 2.65 bits per heavy atom. The van der Waals surface area contributed by atoms with Crippen molar-refractivity contribution in [1.29, 1.82) is 0 Å². The van der Waals surface area contributed by atoms with Crippen LogP contribution in [0.3, 0.4) is 0 Å². The molecule has 2 rings (SSSR count). The molecule has 0 amide bonds. The smallest absolute Gasteiger partial charge is 0.150 e. The third-order valence-corrected chi connectivity index (χ3v) is 4.50. The van der Waals surface area contributed by atoms with Crippen molar-refractivity contribution in [1.82, 2.24) is 9.97 Å². The van der Waals surface area contributed by atoms with Crippen LogP contribution >= 0.6 is 43.5 Å². The number of benzene rings is 1. The van der Waals surface area contributed by atoms with E-state index in [0.29, 0.717) is 10.8 Å². The molecular weight excluding hydrogens is 407 g/mol. The largest absolute Gasteiger partial charge is 0.369 e. The first-order valence-corrected chi connectivity index (χ1v) is 8.04. The zero-order chi connectivity index (χ0) is 14.5. The minimum atomic E-state index is 0.643. The van der Waals surface area contributed by atoms with E-state index in [1.165, 1.54) is 6.33 Å². The molecule has 0 saturated carbocycles. The van der Waals surface area contributed by atoms with Crippen molar-refractivity contribution in [3.63, 3.8) is 0 Å². The lowest BCUT2D eigenvalue weighted by Crippen LogP contribution is -2.05. The Morgan fingerprint density at radius 2 is 1.95 bits per heavy atom. The number of nitrogens with zero attached hydrogens (tertiary/aromatic N) is 2. The van der Waals surface area contributed by atoms with Gasteiger partial charge in [-0.3, -0.25) is 0 Å². The average Bonchev–Trinajstić information content (AvgIpc) is 2.44. The Labute approximate surface area is 139 Å². The first kappa shape index (κ1) is 15.5. The molecular formula is C13H13Br2ClN4. The van der Waals surface area contributed by atoms with Gasteiger partial charge >= 0.3 is 0 Å². The number of rotatable bonds is 5. The van der Waals surface area contributed by atoms with Crippen molar-refractivity contribution < 1.29 is 0 Å². The van der Waals surface area contributed by atoms with Gasteiger partial charge in [-0.2, -0.15) is 0 Å². The van der Waals surface area contributed by atoms with E-state index in [1.54, 1.807) is 0 Å². The summed E-state index contributed by atoms with van der Waals surface area (Å²) in [5, 5.41) is 7.09. The van der Waals surface area contributed by atoms with Crippen molar-refractivity contribution >= 4 is 60.8 Å². The maximum absolute atomic E-state index is 6.08. The van der Waals surface area contributed by atoms with E-state index in [2.05, 4.69) is 59.4 Å². The second-order valence-corrected chi connectivity index (χ2v) is 6.12. The summed E-state index contributed by atoms with van der Waals surface area (Å²) in [6.45, 7) is 2.96. The fourth-order valence-corrected chi connectivity index (χ4v) is 2.41. The van der Waals surface area contributed by atoms with Gasteiger partial charge < -0.3 is 10.6 Å². The van der Waals surface area contributed by atoms with E-state index in [9.17, 15) is 0 Å². The molecule has 0 saturated heterocycles. The molecule has 2 aromatic rings. The third kappa shape index (κ3) is 3.84. The summed E-state index contributed by atoms with van der Waals surface area (Å²) >= 11 is 13.0. The van der Waals surface area contributed by atoms with Gasteiger partial charge in [-0.25, -0.2) is 9.97 Å². The zero-order valence-corrected chi connectivity index (χ0v) is 14.7. The highest BCUT2D eigenvalue weighted by Crippen LogP contribution is 2.31. The van der Waals surface area contributed by atoms with Crippen LogP contribution in [0.15, 0.2) is 33.5 Å². The van der Waals surface area contributed by atoms with Gasteiger partial charge in [0.05, 0.1) is 5.02 Å². The second-order valence-electron chi connectivity index (χ2n) is 4.07. The minimum Gasteiger partial charge on any atom is -0.369 e. The fourth-order valence-electron chi connectivity index (χ4n) is 1.53. The van der Waals surface area contributed by atoms with Crippen molar-refractivity contribution in [2.45, 2.75) is 13.3 Å². The molecule has 106 valence electrons. The van der Waals surface area contributed by atoms with Crippen molar-refractivity contribution in [3.8, 4) is 0 Å². The Balaban J connectivity index is 2.22. The Kier molecular flexibility index (Phi) is 5.63. The predicted octanol–water partition coefficient (Wildman–Crippen LogP) is 5.22. The summed E-state index contributed by atoms with van der Waals surface area (Å²) in [5.74, 6) is 1.46. The van der Waals surface area contributed by atoms with Crippen molar-refractivity contribution in [2.24, 2.45) is 0 Å². The normalized spacial score (nSPS) is 10.4. The summed E-state index contributed by atoms with van der Waals surface area (Å²) in [5.41, 5.74) is 0.860. The van der Waals surface area contributed by atoms with Crippen LogP contribution in [0, 0.1) is 0 Å². The van der Waals surface area contributed by atoms with Gasteiger partial charge in [-0.15, -0.1) is 0 Å². The van der Waals surface area contributed by atoms with Crippen LogP contribution in [0.5, 0.6) is 0 Å². The summed E-state index contributed by atoms with van der Waals surface area (Å²) < 4.78 is 1.66. The van der Waals surface area contributed by atoms with Crippen LogP contribution < -0.4 is 10.6 Å². The molecule has 20 heavy (non-hydrogen) atoms. The molecule has 0 aliphatic rings. The molecule has 0 fully saturated rings. The second kappa shape index (κ2) is 7.24. The van der Waals surface area contributed by atoms with E-state index < -0.39 is 0 Å². The van der Waals surface area contributed by atoms with Crippen LogP contribution in [-0.4, -0.2) is 16.5 Å². The number of aromatic nitrogens is 2. The number of nitrogens with one attached hydrogen (secondary N) is 2. The van der Waals surface area contributed by atoms with Crippen LogP contribution in [0.2, 0.25) is 5.02 Å². The number of halogens is 3. The zero-order valence-electron chi connectivity index (χ0n) is 10.8. The molecule has 2 N–H and O–H groups in total. The third-order valence-electron chi connectivity index (χ3n) is 2.51.